The number of hydrogen-bond donors (Lipinski definition) is 1. The van der Waals surface area contributed by atoms with Crippen molar-refractivity contribution in [2.24, 2.45) is 0 Å². The SMILES string of the molecule is Cc1ccc(/C=C/C(=O)OCC(=O)Nc2cc(Cl)ccc2Cl)o1. The van der Waals surface area contributed by atoms with Crippen molar-refractivity contribution >= 4 is 46.8 Å². The van der Waals surface area contributed by atoms with Crippen molar-refractivity contribution in [3.05, 3.63) is 58.0 Å². The monoisotopic (exact) mass is 353 g/mol. The van der Waals surface area contributed by atoms with Crippen LogP contribution in [0.1, 0.15) is 11.5 Å². The molecule has 1 amide bonds. The smallest absolute Gasteiger partial charge is 0.331 e. The minimum Gasteiger partial charge on any atom is -0.462 e. The molecule has 0 aliphatic rings. The Balaban J connectivity index is 1.83. The lowest BCUT2D eigenvalue weighted by molar-refractivity contribution is -0.142. The van der Waals surface area contributed by atoms with Crippen LogP contribution in [0.2, 0.25) is 10.0 Å². The third-order valence-corrected chi connectivity index (χ3v) is 3.26. The molecule has 0 unspecified atom stereocenters. The molecule has 1 N–H and O–H groups in total. The van der Waals surface area contributed by atoms with Gasteiger partial charge in [0.1, 0.15) is 11.5 Å². The van der Waals surface area contributed by atoms with Gasteiger partial charge < -0.3 is 14.5 Å². The van der Waals surface area contributed by atoms with Crippen LogP contribution in [0.4, 0.5) is 5.69 Å². The van der Waals surface area contributed by atoms with Gasteiger partial charge in [-0.3, -0.25) is 4.79 Å². The number of halogens is 2. The van der Waals surface area contributed by atoms with Crippen LogP contribution in [0.3, 0.4) is 0 Å². The number of nitrogens with one attached hydrogen (secondary N) is 1. The summed E-state index contributed by atoms with van der Waals surface area (Å²) >= 11 is 11.7. The maximum atomic E-state index is 11.7. The first-order valence-electron chi connectivity index (χ1n) is 6.60. The molecule has 0 fully saturated rings. The summed E-state index contributed by atoms with van der Waals surface area (Å²) < 4.78 is 10.1. The number of esters is 1. The molecular formula is C16H13Cl2NO4. The lowest BCUT2D eigenvalue weighted by Gasteiger charge is -2.07. The minimum absolute atomic E-state index is 0.335. The van der Waals surface area contributed by atoms with Crippen molar-refractivity contribution in [2.45, 2.75) is 6.92 Å². The zero-order chi connectivity index (χ0) is 16.8. The quantitative estimate of drug-likeness (QED) is 0.649. The zero-order valence-corrected chi connectivity index (χ0v) is 13.6. The molecule has 0 aliphatic heterocycles. The van der Waals surface area contributed by atoms with Crippen LogP contribution in [-0.2, 0) is 14.3 Å². The number of hydrogen-bond acceptors (Lipinski definition) is 4. The van der Waals surface area contributed by atoms with E-state index in [1.54, 1.807) is 31.2 Å². The number of carbonyl (C=O) groups excluding carboxylic acids is 2. The fourth-order valence-electron chi connectivity index (χ4n) is 1.66. The number of rotatable bonds is 5. The first-order chi connectivity index (χ1) is 10.9. The van der Waals surface area contributed by atoms with Crippen molar-refractivity contribution in [3.63, 3.8) is 0 Å². The first kappa shape index (κ1) is 17.1. The molecule has 0 saturated carbocycles. The Morgan fingerprint density at radius 2 is 2.04 bits per heavy atom. The molecule has 2 aromatic rings. The number of benzene rings is 1. The predicted octanol–water partition coefficient (Wildman–Crippen LogP) is 4.09. The number of aryl methyl sites for hydroxylation is 1. The molecule has 1 aromatic heterocycles. The van der Waals surface area contributed by atoms with Gasteiger partial charge in [0.2, 0.25) is 0 Å². The van der Waals surface area contributed by atoms with E-state index in [-0.39, 0.29) is 0 Å². The molecule has 0 spiro atoms. The molecule has 5 nitrogen and oxygen atoms in total. The van der Waals surface area contributed by atoms with E-state index in [9.17, 15) is 9.59 Å². The van der Waals surface area contributed by atoms with Gasteiger partial charge in [0.25, 0.3) is 5.91 Å². The summed E-state index contributed by atoms with van der Waals surface area (Å²) in [5.74, 6) is 0.0709. The second-order valence-electron chi connectivity index (χ2n) is 4.56. The maximum Gasteiger partial charge on any atom is 0.331 e. The van der Waals surface area contributed by atoms with E-state index >= 15 is 0 Å². The lowest BCUT2D eigenvalue weighted by atomic mass is 10.3. The number of amides is 1. The Bertz CT molecular complexity index is 752. The number of ether oxygens (including phenoxy) is 1. The topological polar surface area (TPSA) is 68.5 Å². The predicted molar refractivity (Wildman–Crippen MR) is 88.5 cm³/mol. The van der Waals surface area contributed by atoms with Gasteiger partial charge in [-0.15, -0.1) is 0 Å². The summed E-state index contributed by atoms with van der Waals surface area (Å²) in [6, 6.07) is 8.14. The van der Waals surface area contributed by atoms with Gasteiger partial charge >= 0.3 is 5.97 Å². The van der Waals surface area contributed by atoms with E-state index < -0.39 is 18.5 Å². The Morgan fingerprint density at radius 1 is 1.26 bits per heavy atom. The molecule has 7 heteroatoms. The molecule has 0 aliphatic carbocycles. The van der Waals surface area contributed by atoms with Gasteiger partial charge in [-0.1, -0.05) is 23.2 Å². The van der Waals surface area contributed by atoms with E-state index in [0.29, 0.717) is 21.5 Å². The van der Waals surface area contributed by atoms with Crippen LogP contribution in [0.5, 0.6) is 0 Å². The molecule has 2 rings (SSSR count). The van der Waals surface area contributed by atoms with Gasteiger partial charge in [-0.05, 0) is 43.3 Å². The van der Waals surface area contributed by atoms with Crippen molar-refractivity contribution in [1.82, 2.24) is 0 Å². The molecule has 0 bridgehead atoms. The molecule has 0 radical (unpaired) electrons. The van der Waals surface area contributed by atoms with Crippen LogP contribution < -0.4 is 5.32 Å². The van der Waals surface area contributed by atoms with Gasteiger partial charge in [0.05, 0.1) is 10.7 Å². The fraction of sp³-hybridized carbons (Fsp3) is 0.125. The average Bonchev–Trinajstić information content (AvgIpc) is 2.92. The molecule has 120 valence electrons. The normalized spacial score (nSPS) is 10.7. The largest absolute Gasteiger partial charge is 0.462 e. The van der Waals surface area contributed by atoms with Crippen molar-refractivity contribution in [2.75, 3.05) is 11.9 Å². The Labute approximate surface area is 142 Å². The van der Waals surface area contributed by atoms with Crippen molar-refractivity contribution in [3.8, 4) is 0 Å². The highest BCUT2D eigenvalue weighted by Gasteiger charge is 2.09. The van der Waals surface area contributed by atoms with E-state index in [1.165, 1.54) is 18.2 Å². The average molecular weight is 354 g/mol. The summed E-state index contributed by atoms with van der Waals surface area (Å²) in [5, 5.41) is 3.27. The van der Waals surface area contributed by atoms with E-state index in [2.05, 4.69) is 5.32 Å². The molecule has 1 aromatic carbocycles. The first-order valence-corrected chi connectivity index (χ1v) is 7.36. The van der Waals surface area contributed by atoms with Gasteiger partial charge in [-0.2, -0.15) is 0 Å². The van der Waals surface area contributed by atoms with Crippen LogP contribution in [-0.4, -0.2) is 18.5 Å². The maximum absolute atomic E-state index is 11.7. The molecule has 0 saturated heterocycles. The summed E-state index contributed by atoms with van der Waals surface area (Å²) in [6.45, 7) is 1.35. The Kier molecular flexibility index (Phi) is 5.84. The number of carbonyl (C=O) groups is 2. The second kappa shape index (κ2) is 7.85. The summed E-state index contributed by atoms with van der Waals surface area (Å²) in [7, 11) is 0. The van der Waals surface area contributed by atoms with Gasteiger partial charge in [0, 0.05) is 11.1 Å². The lowest BCUT2D eigenvalue weighted by Crippen LogP contribution is -2.20. The van der Waals surface area contributed by atoms with Crippen LogP contribution in [0, 0.1) is 6.92 Å². The van der Waals surface area contributed by atoms with Crippen LogP contribution >= 0.6 is 23.2 Å². The summed E-state index contributed by atoms with van der Waals surface area (Å²) in [5.41, 5.74) is 0.349. The third-order valence-electron chi connectivity index (χ3n) is 2.69. The van der Waals surface area contributed by atoms with Crippen LogP contribution in [0.25, 0.3) is 6.08 Å². The molecule has 23 heavy (non-hydrogen) atoms. The van der Waals surface area contributed by atoms with Crippen molar-refractivity contribution < 1.29 is 18.7 Å². The minimum atomic E-state index is -0.661. The standard InChI is InChI=1S/C16H13Cl2NO4/c1-10-2-4-12(23-10)5-7-16(21)22-9-15(20)19-14-8-11(17)3-6-13(14)18/h2-8H,9H2,1H3,(H,19,20)/b7-5+. The highest BCUT2D eigenvalue weighted by Crippen LogP contribution is 2.25. The summed E-state index contributed by atoms with van der Waals surface area (Å²) in [6.07, 6.45) is 2.64. The molecule has 0 atom stereocenters. The van der Waals surface area contributed by atoms with E-state index in [1.807, 2.05) is 0 Å². The molecular weight excluding hydrogens is 341 g/mol. The number of furan rings is 1. The zero-order valence-electron chi connectivity index (χ0n) is 12.1. The van der Waals surface area contributed by atoms with Crippen LogP contribution in [0.15, 0.2) is 40.8 Å². The highest BCUT2D eigenvalue weighted by atomic mass is 35.5. The number of anilines is 1. The van der Waals surface area contributed by atoms with E-state index in [0.717, 1.165) is 5.76 Å². The Hall–Kier alpha value is -2.24. The second-order valence-corrected chi connectivity index (χ2v) is 5.41. The van der Waals surface area contributed by atoms with Gasteiger partial charge in [0.15, 0.2) is 6.61 Å². The Morgan fingerprint density at radius 3 is 2.74 bits per heavy atom. The third kappa shape index (κ3) is 5.47. The van der Waals surface area contributed by atoms with E-state index in [4.69, 9.17) is 32.4 Å². The van der Waals surface area contributed by atoms with Crippen molar-refractivity contribution in [1.29, 1.82) is 0 Å². The summed E-state index contributed by atoms with van der Waals surface area (Å²) in [4.78, 5) is 23.2. The molecule has 1 heterocycles. The van der Waals surface area contributed by atoms with Gasteiger partial charge in [-0.25, -0.2) is 4.79 Å². The fourth-order valence-corrected chi connectivity index (χ4v) is 1.99. The highest BCUT2D eigenvalue weighted by molar-refractivity contribution is 6.35.